The molecule has 350 valence electrons. The van der Waals surface area contributed by atoms with E-state index in [0.29, 0.717) is 23.6 Å². The van der Waals surface area contributed by atoms with Crippen LogP contribution >= 0.6 is 7.81 Å². The molecule has 0 radical (unpaired) electrons. The molecule has 6 heterocycles. The maximum absolute atomic E-state index is 10.7. The smallest absolute Gasteiger partial charge is 0.470 e. The van der Waals surface area contributed by atoms with Crippen molar-refractivity contribution in [2.24, 2.45) is 20.0 Å². The van der Waals surface area contributed by atoms with Crippen molar-refractivity contribution in [3.05, 3.63) is 201 Å². The first-order valence-corrected chi connectivity index (χ1v) is 24.0. The second-order valence-corrected chi connectivity index (χ2v) is 19.4. The Bertz CT molecular complexity index is 2760. The van der Waals surface area contributed by atoms with Gasteiger partial charge in [0, 0.05) is 25.7 Å². The Morgan fingerprint density at radius 2 is 0.559 bits per heavy atom. The van der Waals surface area contributed by atoms with Crippen molar-refractivity contribution >= 4 is 31.4 Å². The van der Waals surface area contributed by atoms with Gasteiger partial charge in [-0.2, -0.15) is 0 Å². The molecule has 4 aromatic carbocycles. The number of aromatic nitrogens is 2. The number of rotatable bonds is 4. The number of hydrogen-bond acceptors (Lipinski definition) is 10. The monoisotopic (exact) mass is 994 g/mol. The third-order valence-corrected chi connectivity index (χ3v) is 13.0. The fourth-order valence-corrected chi connectivity index (χ4v) is 10.2. The molecule has 0 saturated carbocycles. The van der Waals surface area contributed by atoms with Gasteiger partial charge in [-0.05, 0) is 68.8 Å². The van der Waals surface area contributed by atoms with Crippen LogP contribution in [0.1, 0.15) is 91.5 Å². The molecule has 0 amide bonds. The molecule has 0 bridgehead atoms. The number of ether oxygens (including phenoxy) is 4. The second-order valence-electron chi connectivity index (χ2n) is 17.5. The predicted octanol–water partition coefficient (Wildman–Crippen LogP) is 11.3. The van der Waals surface area contributed by atoms with Crippen LogP contribution in [0.4, 0.5) is 25.2 Å². The fraction of sp³-hybridized carbons (Fsp3) is 0.240. The van der Waals surface area contributed by atoms with Crippen LogP contribution in [0, 0.1) is 0 Å². The Hall–Kier alpha value is -6.41. The number of hydrogen-bond donors (Lipinski definition) is 0. The fourth-order valence-electron chi connectivity index (χ4n) is 10.2. The quantitative estimate of drug-likeness (QED) is 0.0988. The normalized spacial score (nSPS) is 26.5. The van der Waals surface area contributed by atoms with Crippen molar-refractivity contribution in [1.29, 1.82) is 0 Å². The van der Waals surface area contributed by atoms with E-state index in [1.54, 1.807) is 0 Å². The Morgan fingerprint density at radius 3 is 0.794 bits per heavy atom. The summed E-state index contributed by atoms with van der Waals surface area (Å²) in [5, 5.41) is 0. The van der Waals surface area contributed by atoms with Crippen LogP contribution < -0.4 is 0 Å². The third kappa shape index (κ3) is 8.67. The molecule has 14 rings (SSSR count). The molecule has 10 nitrogen and oxygen atoms in total. The van der Waals surface area contributed by atoms with Gasteiger partial charge in [0.2, 0.25) is 23.6 Å². The van der Waals surface area contributed by atoms with Crippen LogP contribution in [0.15, 0.2) is 153 Å². The van der Waals surface area contributed by atoms with Gasteiger partial charge < -0.3 is 18.9 Å². The van der Waals surface area contributed by atoms with Crippen LogP contribution in [0.2, 0.25) is 0 Å². The van der Waals surface area contributed by atoms with Crippen molar-refractivity contribution in [1.82, 2.24) is 9.97 Å². The van der Waals surface area contributed by atoms with Gasteiger partial charge in [0.15, 0.2) is 0 Å². The van der Waals surface area contributed by atoms with E-state index in [-0.39, 0.29) is 65.7 Å². The molecule has 8 atom stereocenters. The Balaban J connectivity index is 0.000000130. The minimum Gasteiger partial charge on any atom is -0.470 e. The largest absolute Gasteiger partial charge is 1.00 e. The minimum absolute atomic E-state index is 0. The summed E-state index contributed by atoms with van der Waals surface area (Å²) in [5.41, 5.74) is 13.3. The number of fused-ring (bicyclic) bond motifs is 12. The summed E-state index contributed by atoms with van der Waals surface area (Å²) in [6, 6.07) is 45.8. The molecule has 68 heavy (non-hydrogen) atoms. The van der Waals surface area contributed by atoms with Crippen molar-refractivity contribution in [3.63, 3.8) is 0 Å². The summed E-state index contributed by atoms with van der Waals surface area (Å²) in [6.07, 6.45) is 3.85. The Labute approximate surface area is 396 Å². The van der Waals surface area contributed by atoms with Crippen LogP contribution in [-0.2, 0) is 61.7 Å². The molecule has 0 fully saturated rings. The van der Waals surface area contributed by atoms with Crippen LogP contribution in [-0.4, -0.2) is 58.0 Å². The van der Waals surface area contributed by atoms with Crippen LogP contribution in [0.25, 0.3) is 0 Å². The molecule has 0 N–H and O–H groups in total. The van der Waals surface area contributed by atoms with Crippen LogP contribution in [0.3, 0.4) is 0 Å². The zero-order valence-corrected chi connectivity index (χ0v) is 37.3. The Kier molecular flexibility index (Phi) is 10.3. The summed E-state index contributed by atoms with van der Waals surface area (Å²) in [4.78, 5) is 29.1. The molecular formula is C50H38CuF6N6O4P. The van der Waals surface area contributed by atoms with E-state index >= 15 is 0 Å². The zero-order chi connectivity index (χ0) is 45.7. The van der Waals surface area contributed by atoms with Crippen molar-refractivity contribution in [2.75, 3.05) is 0 Å². The van der Waals surface area contributed by atoms with Crippen molar-refractivity contribution in [2.45, 2.75) is 74.3 Å². The summed E-state index contributed by atoms with van der Waals surface area (Å²) in [5.74, 6) is 2.46. The van der Waals surface area contributed by atoms with E-state index in [4.69, 9.17) is 48.9 Å². The molecule has 18 heteroatoms. The number of aliphatic imine (C=N–C) groups is 4. The maximum Gasteiger partial charge on any atom is 1.00 e. The van der Waals surface area contributed by atoms with Gasteiger partial charge in [-0.25, -0.2) is 29.9 Å². The molecule has 4 aliphatic heterocycles. The van der Waals surface area contributed by atoms with E-state index in [1.165, 1.54) is 44.5 Å². The van der Waals surface area contributed by atoms with Crippen molar-refractivity contribution < 1.29 is 61.2 Å². The number of nitrogens with zero attached hydrogens (tertiary/aromatic N) is 6. The van der Waals surface area contributed by atoms with Crippen LogP contribution in [0.5, 0.6) is 0 Å². The summed E-state index contributed by atoms with van der Waals surface area (Å²) >= 11 is 0. The van der Waals surface area contributed by atoms with Gasteiger partial charge in [0.05, 0.1) is 0 Å². The molecule has 2 aromatic heterocycles. The molecule has 4 aliphatic carbocycles. The average Bonchev–Trinajstić information content (AvgIpc) is 4.17. The van der Waals surface area contributed by atoms with Gasteiger partial charge in [-0.3, -0.25) is 0 Å². The van der Waals surface area contributed by atoms with Gasteiger partial charge in [-0.1, -0.05) is 109 Å². The van der Waals surface area contributed by atoms with E-state index < -0.39 is 7.81 Å². The topological polar surface area (TPSA) is 112 Å². The molecule has 8 aliphatic rings. The maximum atomic E-state index is 9.87. The number of halogens is 6. The molecule has 0 saturated heterocycles. The van der Waals surface area contributed by atoms with Gasteiger partial charge >= 0.3 is 50.1 Å². The molecule has 0 spiro atoms. The Morgan fingerprint density at radius 1 is 0.338 bits per heavy atom. The van der Waals surface area contributed by atoms with Gasteiger partial charge in [0.25, 0.3) is 0 Å². The summed E-state index contributed by atoms with van der Waals surface area (Å²) in [6.45, 7) is 0. The first kappa shape index (κ1) is 44.1. The van der Waals surface area contributed by atoms with E-state index in [2.05, 4.69) is 97.1 Å². The van der Waals surface area contributed by atoms with E-state index in [9.17, 15) is 25.2 Å². The molecule has 6 aromatic rings. The average molecular weight is 995 g/mol. The molecule has 0 unspecified atom stereocenters. The van der Waals surface area contributed by atoms with Gasteiger partial charge in [-0.15, -0.1) is 0 Å². The SMILES string of the molecule is F[P-](F)(F)(F)(F)F.[Cu+].c1cc(C2=N[C@@H]3c4ccccc4C[C@@H]3O2)nc(C2=N[C@@H]3c4ccccc4C[C@@H]3O2)c1.c1cc(C2=N[C@@H]3c4ccccc4C[C@@H]3O2)nc(C2=N[C@@H]3c4ccccc4C[C@@H]3O2)c1. The predicted molar refractivity (Wildman–Crippen MR) is 239 cm³/mol. The standard InChI is InChI=1S/2C25H19N3O2.Cu.F6P/c2*1-3-8-16-14(6-1)12-20-22(16)27-24(29-20)18-10-5-11-19(26-18)25-28-23-17-9-4-2-7-15(17)13-21(23)30-25;;1-7(2,3,4,5)6/h2*1-11,20-23H,12-13H2;;/q;;+1;-1/t2*20-,21-,22+,23+;;/m00../s1. The molecular weight excluding hydrogens is 957 g/mol. The number of benzene rings is 4. The van der Waals surface area contributed by atoms with E-state index in [0.717, 1.165) is 48.5 Å². The summed E-state index contributed by atoms with van der Waals surface area (Å²) < 4.78 is 84.0. The second kappa shape index (κ2) is 15.8. The van der Waals surface area contributed by atoms with E-state index in [1.807, 2.05) is 36.4 Å². The first-order chi connectivity index (χ1) is 32.1. The van der Waals surface area contributed by atoms with Gasteiger partial charge in [0.1, 0.15) is 71.4 Å². The van der Waals surface area contributed by atoms with Crippen molar-refractivity contribution in [3.8, 4) is 0 Å². The summed E-state index contributed by atoms with van der Waals surface area (Å²) in [7, 11) is -10.7. The third-order valence-electron chi connectivity index (χ3n) is 13.0. The number of pyridine rings is 2. The zero-order valence-electron chi connectivity index (χ0n) is 35.5. The minimum atomic E-state index is -10.7. The first-order valence-electron chi connectivity index (χ1n) is 21.9.